The highest BCUT2D eigenvalue weighted by atomic mass is 79.9. The molecule has 0 aliphatic carbocycles. The van der Waals surface area contributed by atoms with Gasteiger partial charge < -0.3 is 5.32 Å². The van der Waals surface area contributed by atoms with Crippen LogP contribution in [-0.2, 0) is 6.42 Å². The fourth-order valence-electron chi connectivity index (χ4n) is 2.04. The van der Waals surface area contributed by atoms with E-state index in [4.69, 9.17) is 0 Å². The van der Waals surface area contributed by atoms with Crippen molar-refractivity contribution in [2.75, 3.05) is 11.9 Å². The number of benzene rings is 2. The van der Waals surface area contributed by atoms with Crippen LogP contribution in [0.25, 0.3) is 0 Å². The van der Waals surface area contributed by atoms with Crippen molar-refractivity contribution in [2.24, 2.45) is 0 Å². The van der Waals surface area contributed by atoms with Crippen molar-refractivity contribution >= 4 is 27.3 Å². The Morgan fingerprint density at radius 2 is 2.05 bits per heavy atom. The van der Waals surface area contributed by atoms with Crippen molar-refractivity contribution in [1.82, 2.24) is 0 Å². The highest BCUT2D eigenvalue weighted by Gasteiger charge is 2.13. The highest BCUT2D eigenvalue weighted by Crippen LogP contribution is 2.30. The van der Waals surface area contributed by atoms with Crippen LogP contribution in [0, 0.1) is 22.9 Å². The molecule has 0 radical (unpaired) electrons. The predicted octanol–water partition coefficient (Wildman–Crippen LogP) is 4.46. The van der Waals surface area contributed by atoms with Crippen LogP contribution in [0.4, 0.5) is 15.8 Å². The molecule has 0 saturated carbocycles. The van der Waals surface area contributed by atoms with Gasteiger partial charge in [0, 0.05) is 28.3 Å². The van der Waals surface area contributed by atoms with E-state index < -0.39 is 4.92 Å². The molecule has 0 spiro atoms. The summed E-state index contributed by atoms with van der Waals surface area (Å²) in [6, 6.07) is 9.81. The Morgan fingerprint density at radius 1 is 1.33 bits per heavy atom. The molecular weight excluding hydrogens is 339 g/mol. The topological polar surface area (TPSA) is 55.2 Å². The Hall–Kier alpha value is -1.95. The third kappa shape index (κ3) is 3.78. The monoisotopic (exact) mass is 352 g/mol. The number of halogens is 2. The van der Waals surface area contributed by atoms with Gasteiger partial charge in [-0.15, -0.1) is 0 Å². The second-order valence-corrected chi connectivity index (χ2v) is 5.50. The first-order valence-electron chi connectivity index (χ1n) is 6.41. The molecule has 0 amide bonds. The maximum atomic E-state index is 13.5. The van der Waals surface area contributed by atoms with E-state index in [-0.39, 0.29) is 11.5 Å². The van der Waals surface area contributed by atoms with Crippen LogP contribution in [0.2, 0.25) is 0 Å². The molecule has 0 atom stereocenters. The number of nitro groups is 1. The van der Waals surface area contributed by atoms with E-state index in [9.17, 15) is 14.5 Å². The lowest BCUT2D eigenvalue weighted by Crippen LogP contribution is -2.07. The lowest BCUT2D eigenvalue weighted by atomic mass is 10.1. The van der Waals surface area contributed by atoms with Gasteiger partial charge in [-0.3, -0.25) is 10.1 Å². The zero-order chi connectivity index (χ0) is 15.4. The largest absolute Gasteiger partial charge is 0.384 e. The van der Waals surface area contributed by atoms with E-state index in [2.05, 4.69) is 21.2 Å². The molecule has 2 rings (SSSR count). The van der Waals surface area contributed by atoms with Gasteiger partial charge in [-0.25, -0.2) is 4.39 Å². The summed E-state index contributed by atoms with van der Waals surface area (Å²) in [6.07, 6.45) is 0.537. The molecule has 1 N–H and O–H groups in total. The molecule has 6 heteroatoms. The number of nitrogens with zero attached hydrogens (tertiary/aromatic N) is 1. The van der Waals surface area contributed by atoms with E-state index in [1.165, 1.54) is 12.1 Å². The van der Waals surface area contributed by atoms with E-state index in [0.717, 1.165) is 5.69 Å². The van der Waals surface area contributed by atoms with Crippen LogP contribution in [0.1, 0.15) is 11.1 Å². The number of nitro benzene ring substituents is 1. The molecule has 0 aromatic heterocycles. The van der Waals surface area contributed by atoms with Crippen LogP contribution in [0.5, 0.6) is 0 Å². The maximum absolute atomic E-state index is 13.5. The Bertz CT molecular complexity index is 677. The molecule has 110 valence electrons. The second kappa shape index (κ2) is 6.67. The Balaban J connectivity index is 2.06. The fraction of sp³-hybridized carbons (Fsp3) is 0.200. The van der Waals surface area contributed by atoms with Gasteiger partial charge >= 0.3 is 0 Å². The van der Waals surface area contributed by atoms with Gasteiger partial charge in [0.25, 0.3) is 5.69 Å². The molecule has 0 bridgehead atoms. The summed E-state index contributed by atoms with van der Waals surface area (Å²) in [4.78, 5) is 10.4. The molecule has 0 saturated heterocycles. The number of hydrogen-bond acceptors (Lipinski definition) is 3. The summed E-state index contributed by atoms with van der Waals surface area (Å²) in [5, 5.41) is 14.0. The average molecular weight is 353 g/mol. The van der Waals surface area contributed by atoms with E-state index in [1.54, 1.807) is 31.2 Å². The SMILES string of the molecule is Cc1cc(NCCc2ccccc2F)c(Br)cc1[N+](=O)[O-]. The van der Waals surface area contributed by atoms with Crippen molar-refractivity contribution in [1.29, 1.82) is 0 Å². The first-order chi connectivity index (χ1) is 9.99. The number of nitrogens with one attached hydrogen (secondary N) is 1. The third-order valence-corrected chi connectivity index (χ3v) is 3.81. The van der Waals surface area contributed by atoms with Gasteiger partial charge in [-0.2, -0.15) is 0 Å². The molecule has 0 aliphatic heterocycles. The van der Waals surface area contributed by atoms with Crippen molar-refractivity contribution in [2.45, 2.75) is 13.3 Å². The fourth-order valence-corrected chi connectivity index (χ4v) is 2.51. The number of hydrogen-bond donors (Lipinski definition) is 1. The van der Waals surface area contributed by atoms with Crippen LogP contribution in [0.15, 0.2) is 40.9 Å². The summed E-state index contributed by atoms with van der Waals surface area (Å²) < 4.78 is 14.1. The number of anilines is 1. The predicted molar refractivity (Wildman–Crippen MR) is 84.1 cm³/mol. The summed E-state index contributed by atoms with van der Waals surface area (Å²) in [7, 11) is 0. The normalized spacial score (nSPS) is 10.4. The van der Waals surface area contributed by atoms with Gasteiger partial charge in [0.2, 0.25) is 0 Å². The Kier molecular flexibility index (Phi) is 4.90. The molecule has 4 nitrogen and oxygen atoms in total. The molecule has 2 aromatic rings. The van der Waals surface area contributed by atoms with Gasteiger partial charge in [0.05, 0.1) is 4.92 Å². The van der Waals surface area contributed by atoms with Crippen molar-refractivity contribution in [3.8, 4) is 0 Å². The third-order valence-electron chi connectivity index (χ3n) is 3.15. The summed E-state index contributed by atoms with van der Waals surface area (Å²) in [5.74, 6) is -0.224. The van der Waals surface area contributed by atoms with Gasteiger partial charge in [0.1, 0.15) is 5.82 Å². The zero-order valence-corrected chi connectivity index (χ0v) is 13.0. The first kappa shape index (κ1) is 15.4. The van der Waals surface area contributed by atoms with Crippen molar-refractivity contribution in [3.63, 3.8) is 0 Å². The Labute approximate surface area is 130 Å². The second-order valence-electron chi connectivity index (χ2n) is 4.64. The zero-order valence-electron chi connectivity index (χ0n) is 11.4. The minimum atomic E-state index is -0.413. The van der Waals surface area contributed by atoms with Crippen molar-refractivity contribution < 1.29 is 9.31 Å². The quantitative estimate of drug-likeness (QED) is 0.638. The van der Waals surface area contributed by atoms with Crippen LogP contribution in [0.3, 0.4) is 0 Å². The first-order valence-corrected chi connectivity index (χ1v) is 7.20. The van der Waals surface area contributed by atoms with Crippen LogP contribution >= 0.6 is 15.9 Å². The van der Waals surface area contributed by atoms with E-state index in [1.807, 2.05) is 0 Å². The molecule has 0 fully saturated rings. The molecular formula is C15H14BrFN2O2. The summed E-state index contributed by atoms with van der Waals surface area (Å²) in [5.41, 5.74) is 2.05. The van der Waals surface area contributed by atoms with Gasteiger partial charge in [0.15, 0.2) is 0 Å². The number of rotatable bonds is 5. The smallest absolute Gasteiger partial charge is 0.273 e. The van der Waals surface area contributed by atoms with Crippen LogP contribution < -0.4 is 5.32 Å². The summed E-state index contributed by atoms with van der Waals surface area (Å²) in [6.45, 7) is 2.23. The molecule has 0 heterocycles. The molecule has 2 aromatic carbocycles. The lowest BCUT2D eigenvalue weighted by molar-refractivity contribution is -0.385. The van der Waals surface area contributed by atoms with Gasteiger partial charge in [-0.05, 0) is 47.0 Å². The summed E-state index contributed by atoms with van der Waals surface area (Å²) >= 11 is 3.31. The van der Waals surface area contributed by atoms with E-state index in [0.29, 0.717) is 28.6 Å². The lowest BCUT2D eigenvalue weighted by Gasteiger charge is -2.10. The minimum Gasteiger partial charge on any atom is -0.384 e. The molecule has 21 heavy (non-hydrogen) atoms. The highest BCUT2D eigenvalue weighted by molar-refractivity contribution is 9.10. The van der Waals surface area contributed by atoms with E-state index >= 15 is 0 Å². The number of aryl methyl sites for hydroxylation is 1. The van der Waals surface area contributed by atoms with Crippen molar-refractivity contribution in [3.05, 3.63) is 67.9 Å². The average Bonchev–Trinajstić information content (AvgIpc) is 2.44. The standard InChI is InChI=1S/C15H14BrFN2O2/c1-10-8-14(12(16)9-15(10)19(20)21)18-7-6-11-4-2-3-5-13(11)17/h2-5,8-9,18H,6-7H2,1H3. The molecule has 0 aliphatic rings. The minimum absolute atomic E-state index is 0.0709. The Morgan fingerprint density at radius 3 is 2.71 bits per heavy atom. The van der Waals surface area contributed by atoms with Crippen LogP contribution in [-0.4, -0.2) is 11.5 Å². The van der Waals surface area contributed by atoms with Gasteiger partial charge in [-0.1, -0.05) is 18.2 Å². The molecule has 0 unspecified atom stereocenters. The maximum Gasteiger partial charge on any atom is 0.273 e.